The van der Waals surface area contributed by atoms with Crippen LogP contribution in [0.5, 0.6) is 0 Å². The number of nitrogens with zero attached hydrogens (tertiary/aromatic N) is 2. The maximum Gasteiger partial charge on any atom is 0.410 e. The van der Waals surface area contributed by atoms with Crippen LogP contribution in [0.15, 0.2) is 42.5 Å². The zero-order valence-corrected chi connectivity index (χ0v) is 16.9. The molecule has 2 aromatic rings. The molecule has 146 valence electrons. The van der Waals surface area contributed by atoms with Gasteiger partial charge in [-0.15, -0.1) is 0 Å². The smallest absolute Gasteiger partial charge is 0.410 e. The van der Waals surface area contributed by atoms with Crippen LogP contribution in [0, 0.1) is 11.8 Å². The number of amides is 1. The van der Waals surface area contributed by atoms with Crippen molar-refractivity contribution in [1.82, 2.24) is 4.90 Å². The predicted molar refractivity (Wildman–Crippen MR) is 112 cm³/mol. The van der Waals surface area contributed by atoms with Crippen LogP contribution in [0.1, 0.15) is 31.9 Å². The lowest BCUT2D eigenvalue weighted by molar-refractivity contribution is 0.0282. The standard InChI is InChI=1S/C24H28N2O2/c1-24(2,3)28-23(27)26-14-18-12-25(13-19(18)15-26)20-8-9-22-17(11-20)10-16-6-4-5-7-21(16)22/h4-9,11,18-19H,10,12-15H2,1-3H3. The highest BCUT2D eigenvalue weighted by atomic mass is 16.6. The first kappa shape index (κ1) is 17.6. The van der Waals surface area contributed by atoms with Gasteiger partial charge in [0.1, 0.15) is 5.60 Å². The van der Waals surface area contributed by atoms with E-state index in [-0.39, 0.29) is 6.09 Å². The highest BCUT2D eigenvalue weighted by Crippen LogP contribution is 2.40. The molecule has 0 radical (unpaired) electrons. The van der Waals surface area contributed by atoms with Gasteiger partial charge >= 0.3 is 6.09 Å². The van der Waals surface area contributed by atoms with E-state index in [0.717, 1.165) is 32.6 Å². The first-order chi connectivity index (χ1) is 13.4. The molecule has 2 aromatic carbocycles. The van der Waals surface area contributed by atoms with E-state index in [4.69, 9.17) is 4.74 Å². The van der Waals surface area contributed by atoms with E-state index >= 15 is 0 Å². The third-order valence-electron chi connectivity index (χ3n) is 6.28. The van der Waals surface area contributed by atoms with Gasteiger partial charge in [0.05, 0.1) is 0 Å². The summed E-state index contributed by atoms with van der Waals surface area (Å²) in [5, 5.41) is 0. The molecule has 0 N–H and O–H groups in total. The molecule has 2 fully saturated rings. The maximum absolute atomic E-state index is 12.4. The molecule has 1 aliphatic carbocycles. The summed E-state index contributed by atoms with van der Waals surface area (Å²) in [6, 6.07) is 15.7. The van der Waals surface area contributed by atoms with Crippen LogP contribution < -0.4 is 4.90 Å². The van der Waals surface area contributed by atoms with Crippen molar-refractivity contribution in [2.75, 3.05) is 31.1 Å². The van der Waals surface area contributed by atoms with Gasteiger partial charge in [-0.05, 0) is 61.6 Å². The van der Waals surface area contributed by atoms with Crippen LogP contribution in [0.4, 0.5) is 10.5 Å². The number of ether oxygens (including phenoxy) is 1. The van der Waals surface area contributed by atoms with E-state index < -0.39 is 5.60 Å². The Hall–Kier alpha value is -2.49. The lowest BCUT2D eigenvalue weighted by Gasteiger charge is -2.26. The van der Waals surface area contributed by atoms with Crippen LogP contribution in [-0.2, 0) is 11.2 Å². The third-order valence-corrected chi connectivity index (χ3v) is 6.28. The molecular formula is C24H28N2O2. The third kappa shape index (κ3) is 3.05. The Balaban J connectivity index is 1.27. The van der Waals surface area contributed by atoms with E-state index in [1.54, 1.807) is 0 Å². The minimum absolute atomic E-state index is 0.163. The second kappa shape index (κ2) is 6.26. The van der Waals surface area contributed by atoms with E-state index in [1.165, 1.54) is 27.9 Å². The summed E-state index contributed by atoms with van der Waals surface area (Å²) in [6.45, 7) is 9.45. The molecule has 1 amide bonds. The number of likely N-dealkylation sites (tertiary alicyclic amines) is 1. The zero-order chi connectivity index (χ0) is 19.5. The minimum Gasteiger partial charge on any atom is -0.444 e. The molecule has 2 saturated heterocycles. The Morgan fingerprint density at radius 1 is 0.929 bits per heavy atom. The van der Waals surface area contributed by atoms with Crippen molar-refractivity contribution in [3.05, 3.63) is 53.6 Å². The summed E-state index contributed by atoms with van der Waals surface area (Å²) in [7, 11) is 0. The molecular weight excluding hydrogens is 348 g/mol. The SMILES string of the molecule is CC(C)(C)OC(=O)N1CC2CN(c3ccc4c(c3)Cc3ccccc3-4)CC2C1. The first-order valence-corrected chi connectivity index (χ1v) is 10.3. The van der Waals surface area contributed by atoms with Crippen LogP contribution >= 0.6 is 0 Å². The maximum atomic E-state index is 12.4. The number of benzene rings is 2. The van der Waals surface area contributed by atoms with Gasteiger partial charge in [-0.25, -0.2) is 4.79 Å². The van der Waals surface area contributed by atoms with Crippen molar-refractivity contribution in [1.29, 1.82) is 0 Å². The van der Waals surface area contributed by atoms with Crippen molar-refractivity contribution in [3.63, 3.8) is 0 Å². The Bertz CT molecular complexity index is 916. The summed E-state index contributed by atoms with van der Waals surface area (Å²) >= 11 is 0. The van der Waals surface area contributed by atoms with Crippen LogP contribution in [0.25, 0.3) is 11.1 Å². The average molecular weight is 377 g/mol. The molecule has 0 aromatic heterocycles. The van der Waals surface area contributed by atoms with Gasteiger partial charge in [-0.1, -0.05) is 30.3 Å². The van der Waals surface area contributed by atoms with Gasteiger partial charge in [0.2, 0.25) is 0 Å². The van der Waals surface area contributed by atoms with Gasteiger partial charge in [0.25, 0.3) is 0 Å². The number of hydrogen-bond donors (Lipinski definition) is 0. The van der Waals surface area contributed by atoms with Crippen LogP contribution in [0.3, 0.4) is 0 Å². The molecule has 0 bridgehead atoms. The lowest BCUT2D eigenvalue weighted by atomic mass is 10.0. The summed E-state index contributed by atoms with van der Waals surface area (Å²) in [5.41, 5.74) is 6.53. The molecule has 2 atom stereocenters. The molecule has 2 heterocycles. The number of fused-ring (bicyclic) bond motifs is 4. The van der Waals surface area contributed by atoms with Crippen molar-refractivity contribution in [2.24, 2.45) is 11.8 Å². The van der Waals surface area contributed by atoms with E-state index in [1.807, 2.05) is 25.7 Å². The van der Waals surface area contributed by atoms with Gasteiger partial charge < -0.3 is 14.5 Å². The lowest BCUT2D eigenvalue weighted by Crippen LogP contribution is -2.37. The predicted octanol–water partition coefficient (Wildman–Crippen LogP) is 4.56. The summed E-state index contributed by atoms with van der Waals surface area (Å²) in [5.74, 6) is 1.08. The van der Waals surface area contributed by atoms with E-state index in [2.05, 4.69) is 47.4 Å². The Labute approximate surface area is 167 Å². The highest BCUT2D eigenvalue weighted by Gasteiger charge is 2.42. The van der Waals surface area contributed by atoms with Crippen molar-refractivity contribution in [2.45, 2.75) is 32.8 Å². The normalized spacial score (nSPS) is 22.8. The van der Waals surface area contributed by atoms with Crippen molar-refractivity contribution < 1.29 is 9.53 Å². The fraction of sp³-hybridized carbons (Fsp3) is 0.458. The molecule has 4 nitrogen and oxygen atoms in total. The summed E-state index contributed by atoms with van der Waals surface area (Å²) in [6.07, 6.45) is 0.871. The molecule has 0 spiro atoms. The minimum atomic E-state index is -0.428. The van der Waals surface area contributed by atoms with Gasteiger partial charge in [-0.3, -0.25) is 0 Å². The summed E-state index contributed by atoms with van der Waals surface area (Å²) < 4.78 is 5.55. The molecule has 0 saturated carbocycles. The monoisotopic (exact) mass is 376 g/mol. The molecule has 5 rings (SSSR count). The van der Waals surface area contributed by atoms with E-state index in [9.17, 15) is 4.79 Å². The topological polar surface area (TPSA) is 32.8 Å². The molecule has 28 heavy (non-hydrogen) atoms. The van der Waals surface area contributed by atoms with Gasteiger partial charge in [0, 0.05) is 43.7 Å². The first-order valence-electron chi connectivity index (χ1n) is 10.3. The van der Waals surface area contributed by atoms with Gasteiger partial charge in [0.15, 0.2) is 0 Å². The Kier molecular flexibility index (Phi) is 3.94. The Morgan fingerprint density at radius 2 is 1.61 bits per heavy atom. The number of rotatable bonds is 1. The van der Waals surface area contributed by atoms with E-state index in [0.29, 0.717) is 11.8 Å². The Morgan fingerprint density at radius 3 is 2.32 bits per heavy atom. The zero-order valence-electron chi connectivity index (χ0n) is 16.9. The number of carbonyl (C=O) groups excluding carboxylic acids is 1. The van der Waals surface area contributed by atoms with Crippen LogP contribution in [0.2, 0.25) is 0 Å². The number of anilines is 1. The van der Waals surface area contributed by atoms with Crippen molar-refractivity contribution in [3.8, 4) is 11.1 Å². The van der Waals surface area contributed by atoms with Crippen LogP contribution in [-0.4, -0.2) is 42.8 Å². The fourth-order valence-corrected chi connectivity index (χ4v) is 5.01. The quantitative estimate of drug-likeness (QED) is 0.624. The number of carbonyl (C=O) groups is 1. The molecule has 3 aliphatic rings. The second-order valence-electron chi connectivity index (χ2n) is 9.49. The summed E-state index contributed by atoms with van der Waals surface area (Å²) in [4.78, 5) is 16.8. The highest BCUT2D eigenvalue weighted by molar-refractivity contribution is 5.78. The number of hydrogen-bond acceptors (Lipinski definition) is 3. The average Bonchev–Trinajstić information content (AvgIpc) is 3.30. The molecule has 2 unspecified atom stereocenters. The second-order valence-corrected chi connectivity index (χ2v) is 9.49. The van der Waals surface area contributed by atoms with Gasteiger partial charge in [-0.2, -0.15) is 0 Å². The largest absolute Gasteiger partial charge is 0.444 e. The molecule has 2 aliphatic heterocycles. The molecule has 4 heteroatoms. The fourth-order valence-electron chi connectivity index (χ4n) is 5.01. The van der Waals surface area contributed by atoms with Crippen molar-refractivity contribution >= 4 is 11.8 Å².